The van der Waals surface area contributed by atoms with E-state index >= 15 is 4.39 Å². The normalized spacial score (nSPS) is 26.2. The fraction of sp³-hybridized carbons (Fsp3) is 0.435. The Morgan fingerprint density at radius 2 is 2.00 bits per heavy atom. The molecule has 2 unspecified atom stereocenters. The van der Waals surface area contributed by atoms with Crippen LogP contribution in [0.1, 0.15) is 27.0 Å². The molecule has 2 aromatic rings. The highest BCUT2D eigenvalue weighted by molar-refractivity contribution is 7.57. The molecule has 0 spiro atoms. The maximum absolute atomic E-state index is 15.3. The molecule has 1 saturated heterocycles. The highest BCUT2D eigenvalue weighted by Gasteiger charge is 2.58. The zero-order valence-electron chi connectivity index (χ0n) is 20.0. The topological polar surface area (TPSA) is 149 Å². The summed E-state index contributed by atoms with van der Waals surface area (Å²) in [6.07, 6.45) is -4.76. The smallest absolute Gasteiger partial charge is 0.330 e. The van der Waals surface area contributed by atoms with Gasteiger partial charge in [0, 0.05) is 12.3 Å². The highest BCUT2D eigenvalue weighted by atomic mass is 31.2. The first-order chi connectivity index (χ1) is 16.9. The van der Waals surface area contributed by atoms with Crippen molar-refractivity contribution >= 4 is 13.5 Å². The zero-order valence-corrected chi connectivity index (χ0v) is 20.9. The number of aromatic amines is 1. The van der Waals surface area contributed by atoms with E-state index in [9.17, 15) is 24.1 Å². The van der Waals surface area contributed by atoms with Gasteiger partial charge in [-0.15, -0.1) is 6.58 Å². The van der Waals surface area contributed by atoms with Gasteiger partial charge in [-0.3, -0.25) is 23.7 Å². The van der Waals surface area contributed by atoms with E-state index in [-0.39, 0.29) is 5.75 Å². The number of aliphatic hydroxyl groups excluding tert-OH is 1. The molecular weight excluding hydrogens is 496 g/mol. The number of ether oxygens (including phenoxy) is 2. The molecule has 6 atom stereocenters. The minimum Gasteiger partial charge on any atom is -0.462 e. The number of esters is 1. The molecule has 2 heterocycles. The molecule has 0 amide bonds. The summed E-state index contributed by atoms with van der Waals surface area (Å²) in [4.78, 5) is 38.0. The number of H-pyrrole nitrogens is 1. The Balaban J connectivity index is 1.97. The van der Waals surface area contributed by atoms with Crippen molar-refractivity contribution in [2.45, 2.75) is 57.0 Å². The van der Waals surface area contributed by atoms with Crippen LogP contribution >= 0.6 is 7.52 Å². The zero-order chi connectivity index (χ0) is 26.7. The summed E-state index contributed by atoms with van der Waals surface area (Å²) in [5, 5.41) is 13.4. The number of benzene rings is 1. The van der Waals surface area contributed by atoms with Crippen molar-refractivity contribution in [2.24, 2.45) is 0 Å². The van der Waals surface area contributed by atoms with E-state index in [0.717, 1.165) is 22.9 Å². The summed E-state index contributed by atoms with van der Waals surface area (Å²) < 4.78 is 46.8. The number of carbonyl (C=O) groups excluding carboxylic acids is 1. The fourth-order valence-corrected chi connectivity index (χ4v) is 6.16. The molecule has 1 aliphatic rings. The summed E-state index contributed by atoms with van der Waals surface area (Å²) in [5.74, 6) is -0.530. The Morgan fingerprint density at radius 3 is 2.58 bits per heavy atom. The van der Waals surface area contributed by atoms with Crippen LogP contribution in [0.15, 0.2) is 64.8 Å². The van der Waals surface area contributed by atoms with Crippen molar-refractivity contribution in [1.82, 2.24) is 14.6 Å². The van der Waals surface area contributed by atoms with E-state index < -0.39 is 67.2 Å². The predicted octanol–water partition coefficient (Wildman–Crippen LogP) is 1.89. The van der Waals surface area contributed by atoms with Crippen LogP contribution in [0.25, 0.3) is 0 Å². The number of alkyl halides is 1. The van der Waals surface area contributed by atoms with E-state index in [4.69, 9.17) is 14.0 Å². The van der Waals surface area contributed by atoms with Crippen molar-refractivity contribution in [3.8, 4) is 5.75 Å². The second-order valence-corrected chi connectivity index (χ2v) is 10.8. The molecule has 0 bridgehead atoms. The van der Waals surface area contributed by atoms with Crippen molar-refractivity contribution < 1.29 is 32.9 Å². The van der Waals surface area contributed by atoms with Crippen molar-refractivity contribution in [1.29, 1.82) is 0 Å². The van der Waals surface area contributed by atoms with Gasteiger partial charge in [-0.25, -0.2) is 14.3 Å². The Kier molecular flexibility index (Phi) is 8.35. The lowest BCUT2D eigenvalue weighted by atomic mass is 9.98. The van der Waals surface area contributed by atoms with Gasteiger partial charge < -0.3 is 19.1 Å². The average Bonchev–Trinajstić information content (AvgIpc) is 3.04. The first-order valence-corrected chi connectivity index (χ1v) is 13.0. The second kappa shape index (κ2) is 10.9. The fourth-order valence-electron chi connectivity index (χ4n) is 3.75. The lowest BCUT2D eigenvalue weighted by Crippen LogP contribution is -2.46. The standard InChI is InChI=1S/C23H29FN3O8P/c1-5-23(19(29)18(24)20(34-23)27-12-11-17(28)25-22(27)31)13-36(32,35-16-9-7-6-8-10-16)26-15(4)21(30)33-14(2)3/h5-12,14-15,18-20,29H,1,13H2,2-4H3,(H,26,32)(H,25,28,31)/t15?,18-,19+,20-,23-,36?/m1/s1. The van der Waals surface area contributed by atoms with Crippen LogP contribution in [0.3, 0.4) is 0 Å². The highest BCUT2D eigenvalue weighted by Crippen LogP contribution is 2.52. The molecule has 196 valence electrons. The van der Waals surface area contributed by atoms with Gasteiger partial charge in [-0.05, 0) is 32.9 Å². The molecule has 3 N–H and O–H groups in total. The van der Waals surface area contributed by atoms with Crippen LogP contribution in [-0.2, 0) is 18.8 Å². The number of aromatic nitrogens is 2. The molecule has 0 radical (unpaired) electrons. The monoisotopic (exact) mass is 525 g/mol. The molecule has 1 aromatic carbocycles. The first-order valence-electron chi connectivity index (χ1n) is 11.2. The predicted molar refractivity (Wildman–Crippen MR) is 129 cm³/mol. The summed E-state index contributed by atoms with van der Waals surface area (Å²) in [6, 6.07) is 7.92. The Labute approximate surface area is 206 Å². The van der Waals surface area contributed by atoms with Gasteiger partial charge in [0.25, 0.3) is 5.56 Å². The SMILES string of the molecule is C=C[C@]1(CP(=O)(NC(C)C(=O)OC(C)C)Oc2ccccc2)O[C@@H](n2ccc(=O)[nH]c2=O)[C@H](F)[C@@H]1O. The molecule has 1 aromatic heterocycles. The molecule has 3 rings (SSSR count). The van der Waals surface area contributed by atoms with Crippen LogP contribution in [-0.4, -0.2) is 56.8 Å². The van der Waals surface area contributed by atoms with Gasteiger partial charge in [0.2, 0.25) is 0 Å². The van der Waals surface area contributed by atoms with Gasteiger partial charge in [0.05, 0.1) is 12.3 Å². The molecule has 0 saturated carbocycles. The largest absolute Gasteiger partial charge is 0.462 e. The summed E-state index contributed by atoms with van der Waals surface area (Å²) in [5.41, 5.74) is -3.67. The molecular formula is C23H29FN3O8P. The number of hydrogen-bond acceptors (Lipinski definition) is 8. The van der Waals surface area contributed by atoms with E-state index in [1.807, 2.05) is 4.98 Å². The van der Waals surface area contributed by atoms with Crippen LogP contribution in [0.5, 0.6) is 5.75 Å². The van der Waals surface area contributed by atoms with Crippen LogP contribution < -0.4 is 20.9 Å². The number of aliphatic hydroxyl groups is 1. The molecule has 1 fully saturated rings. The minimum atomic E-state index is -4.15. The van der Waals surface area contributed by atoms with Gasteiger partial charge in [-0.2, -0.15) is 0 Å². The molecule has 11 nitrogen and oxygen atoms in total. The van der Waals surface area contributed by atoms with Gasteiger partial charge >= 0.3 is 19.2 Å². The number of nitrogens with one attached hydrogen (secondary N) is 2. The minimum absolute atomic E-state index is 0.176. The molecule has 0 aliphatic carbocycles. The van der Waals surface area contributed by atoms with Crippen molar-refractivity contribution in [2.75, 3.05) is 6.16 Å². The maximum atomic E-state index is 15.3. The number of carbonyl (C=O) groups is 1. The third-order valence-corrected chi connectivity index (χ3v) is 7.63. The Morgan fingerprint density at radius 1 is 1.33 bits per heavy atom. The van der Waals surface area contributed by atoms with Gasteiger partial charge in [-0.1, -0.05) is 24.3 Å². The number of nitrogens with zero attached hydrogens (tertiary/aromatic N) is 1. The number of halogens is 1. The van der Waals surface area contributed by atoms with Crippen molar-refractivity contribution in [3.63, 3.8) is 0 Å². The number of hydrogen-bond donors (Lipinski definition) is 3. The van der Waals surface area contributed by atoms with E-state index in [1.165, 1.54) is 19.1 Å². The van der Waals surface area contributed by atoms with Crippen LogP contribution in [0.4, 0.5) is 4.39 Å². The third-order valence-electron chi connectivity index (χ3n) is 5.43. The Hall–Kier alpha value is -3.05. The maximum Gasteiger partial charge on any atom is 0.330 e. The molecule has 13 heteroatoms. The molecule has 36 heavy (non-hydrogen) atoms. The van der Waals surface area contributed by atoms with E-state index in [1.54, 1.807) is 32.0 Å². The van der Waals surface area contributed by atoms with Gasteiger partial charge in [0.15, 0.2) is 12.4 Å². The summed E-state index contributed by atoms with van der Waals surface area (Å²) in [6.45, 7) is 8.34. The van der Waals surface area contributed by atoms with Crippen LogP contribution in [0, 0.1) is 0 Å². The first kappa shape index (κ1) is 27.5. The van der Waals surface area contributed by atoms with Crippen molar-refractivity contribution in [3.05, 3.63) is 76.1 Å². The summed E-state index contributed by atoms with van der Waals surface area (Å²) in [7, 11) is -4.15. The third kappa shape index (κ3) is 6.01. The molecule has 1 aliphatic heterocycles. The van der Waals surface area contributed by atoms with Crippen LogP contribution in [0.2, 0.25) is 0 Å². The van der Waals surface area contributed by atoms with E-state index in [0.29, 0.717) is 0 Å². The number of para-hydroxylation sites is 1. The Bertz CT molecular complexity index is 1250. The quantitative estimate of drug-likeness (QED) is 0.240. The number of rotatable bonds is 10. The lowest BCUT2D eigenvalue weighted by molar-refractivity contribution is -0.149. The summed E-state index contributed by atoms with van der Waals surface area (Å²) >= 11 is 0. The second-order valence-electron chi connectivity index (χ2n) is 8.65. The van der Waals surface area contributed by atoms with Gasteiger partial charge in [0.1, 0.15) is 23.5 Å². The van der Waals surface area contributed by atoms with E-state index in [2.05, 4.69) is 11.7 Å². The lowest BCUT2D eigenvalue weighted by Gasteiger charge is -2.33. The average molecular weight is 525 g/mol.